The Morgan fingerprint density at radius 2 is 1.16 bits per heavy atom. The highest BCUT2D eigenvalue weighted by Crippen LogP contribution is 2.12. The first kappa shape index (κ1) is 31.1. The Morgan fingerprint density at radius 1 is 0.719 bits per heavy atom. The molecule has 0 aliphatic carbocycles. The third kappa shape index (κ3) is 21.0. The number of allylic oxidation sites excluding steroid dienone is 1. The number of nitrogens with one attached hydrogen (secondary N) is 1. The number of carbonyl (C=O) groups is 1. The highest BCUT2D eigenvalue weighted by Gasteiger charge is 2.17. The fourth-order valence-electron chi connectivity index (χ4n) is 4.06. The maximum absolute atomic E-state index is 12.1. The molecule has 0 rings (SSSR count). The summed E-state index contributed by atoms with van der Waals surface area (Å²) >= 11 is 0. The summed E-state index contributed by atoms with van der Waals surface area (Å²) < 4.78 is 0. The lowest BCUT2D eigenvalue weighted by molar-refractivity contribution is -0.123. The van der Waals surface area contributed by atoms with Gasteiger partial charge < -0.3 is 15.5 Å². The molecule has 0 aromatic carbocycles. The molecule has 0 spiro atoms. The van der Waals surface area contributed by atoms with Crippen LogP contribution in [0.5, 0.6) is 0 Å². The molecule has 0 unspecified atom stereocenters. The molecular weight excluding hydrogens is 398 g/mol. The first-order valence-electron chi connectivity index (χ1n) is 13.9. The molecular formula is C28H55NO3. The minimum atomic E-state index is -0.828. The van der Waals surface area contributed by atoms with Crippen LogP contribution in [0.4, 0.5) is 0 Å². The van der Waals surface area contributed by atoms with Gasteiger partial charge in [-0.2, -0.15) is 0 Å². The zero-order valence-corrected chi connectivity index (χ0v) is 21.5. The fraction of sp³-hybridized carbons (Fsp3) is 0.893. The van der Waals surface area contributed by atoms with Crippen LogP contribution in [0.15, 0.2) is 12.2 Å². The lowest BCUT2D eigenvalue weighted by Gasteiger charge is -2.20. The SMILES string of the molecule is CCCCCCCCCCCCC/C=C/[C@@H](O)[C@@H](CO)NC(=O)CCCCCCCCC. The van der Waals surface area contributed by atoms with Crippen LogP contribution < -0.4 is 5.32 Å². The summed E-state index contributed by atoms with van der Waals surface area (Å²) in [5, 5.41) is 22.6. The van der Waals surface area contributed by atoms with Gasteiger partial charge in [0.15, 0.2) is 0 Å². The van der Waals surface area contributed by atoms with Gasteiger partial charge in [0.25, 0.3) is 0 Å². The van der Waals surface area contributed by atoms with E-state index >= 15 is 0 Å². The third-order valence-corrected chi connectivity index (χ3v) is 6.27. The molecule has 0 aromatic rings. The molecule has 0 bridgehead atoms. The first-order chi connectivity index (χ1) is 15.7. The lowest BCUT2D eigenvalue weighted by atomic mass is 10.0. The molecule has 0 aromatic heterocycles. The van der Waals surface area contributed by atoms with Crippen LogP contribution in [0.1, 0.15) is 142 Å². The predicted octanol–water partition coefficient (Wildman–Crippen LogP) is 7.22. The number of amides is 1. The van der Waals surface area contributed by atoms with Gasteiger partial charge in [0.2, 0.25) is 5.91 Å². The van der Waals surface area contributed by atoms with Crippen molar-refractivity contribution in [3.05, 3.63) is 12.2 Å². The second-order valence-corrected chi connectivity index (χ2v) is 9.47. The quantitative estimate of drug-likeness (QED) is 0.107. The second kappa shape index (κ2) is 24.8. The number of aliphatic hydroxyl groups is 2. The maximum atomic E-state index is 12.1. The van der Waals surface area contributed by atoms with Crippen LogP contribution in [0.3, 0.4) is 0 Å². The van der Waals surface area contributed by atoms with Crippen LogP contribution >= 0.6 is 0 Å². The lowest BCUT2D eigenvalue weighted by Crippen LogP contribution is -2.45. The average molecular weight is 454 g/mol. The summed E-state index contributed by atoms with van der Waals surface area (Å²) in [6, 6.07) is -0.611. The van der Waals surface area contributed by atoms with Crippen LogP contribution in [-0.2, 0) is 4.79 Å². The zero-order chi connectivity index (χ0) is 23.7. The molecule has 0 aliphatic heterocycles. The van der Waals surface area contributed by atoms with Gasteiger partial charge in [0.05, 0.1) is 18.8 Å². The van der Waals surface area contributed by atoms with E-state index < -0.39 is 12.1 Å². The van der Waals surface area contributed by atoms with E-state index in [-0.39, 0.29) is 12.5 Å². The highest BCUT2D eigenvalue weighted by molar-refractivity contribution is 5.76. The maximum Gasteiger partial charge on any atom is 0.220 e. The Bertz CT molecular complexity index is 425. The summed E-state index contributed by atoms with van der Waals surface area (Å²) in [6.07, 6.45) is 27.1. The van der Waals surface area contributed by atoms with Gasteiger partial charge in [-0.1, -0.05) is 129 Å². The van der Waals surface area contributed by atoms with E-state index in [0.29, 0.717) is 6.42 Å². The number of unbranched alkanes of at least 4 members (excludes halogenated alkanes) is 17. The molecule has 2 atom stereocenters. The van der Waals surface area contributed by atoms with E-state index in [1.165, 1.54) is 96.3 Å². The van der Waals surface area contributed by atoms with Crippen LogP contribution in [0.2, 0.25) is 0 Å². The largest absolute Gasteiger partial charge is 0.394 e. The minimum absolute atomic E-state index is 0.0737. The number of carbonyl (C=O) groups excluding carboxylic acids is 1. The summed E-state index contributed by atoms with van der Waals surface area (Å²) in [5.74, 6) is -0.0737. The molecule has 0 radical (unpaired) electrons. The summed E-state index contributed by atoms with van der Waals surface area (Å²) in [6.45, 7) is 4.23. The molecule has 0 saturated heterocycles. The first-order valence-corrected chi connectivity index (χ1v) is 13.9. The average Bonchev–Trinajstić information content (AvgIpc) is 2.79. The summed E-state index contributed by atoms with van der Waals surface area (Å²) in [4.78, 5) is 12.1. The van der Waals surface area contributed by atoms with Crippen LogP contribution in [0.25, 0.3) is 0 Å². The van der Waals surface area contributed by atoms with Crippen molar-refractivity contribution in [1.82, 2.24) is 5.32 Å². The molecule has 3 N–H and O–H groups in total. The number of hydrogen-bond acceptors (Lipinski definition) is 3. The Kier molecular flexibility index (Phi) is 24.1. The highest BCUT2D eigenvalue weighted by atomic mass is 16.3. The molecule has 190 valence electrons. The van der Waals surface area contributed by atoms with Crippen molar-refractivity contribution in [3.63, 3.8) is 0 Å². The zero-order valence-electron chi connectivity index (χ0n) is 21.5. The molecule has 4 nitrogen and oxygen atoms in total. The van der Waals surface area contributed by atoms with Crippen molar-refractivity contribution in [1.29, 1.82) is 0 Å². The second-order valence-electron chi connectivity index (χ2n) is 9.47. The fourth-order valence-corrected chi connectivity index (χ4v) is 4.06. The monoisotopic (exact) mass is 453 g/mol. The van der Waals surface area contributed by atoms with E-state index in [0.717, 1.165) is 25.7 Å². The van der Waals surface area contributed by atoms with Crippen molar-refractivity contribution in [3.8, 4) is 0 Å². The number of hydrogen-bond donors (Lipinski definition) is 3. The van der Waals surface area contributed by atoms with Crippen molar-refractivity contribution >= 4 is 5.91 Å². The van der Waals surface area contributed by atoms with E-state index in [9.17, 15) is 15.0 Å². The van der Waals surface area contributed by atoms with E-state index in [2.05, 4.69) is 19.2 Å². The topological polar surface area (TPSA) is 69.6 Å². The van der Waals surface area contributed by atoms with Gasteiger partial charge >= 0.3 is 0 Å². The third-order valence-electron chi connectivity index (χ3n) is 6.27. The predicted molar refractivity (Wildman–Crippen MR) is 138 cm³/mol. The Morgan fingerprint density at radius 3 is 1.62 bits per heavy atom. The standard InChI is InChI=1S/C28H55NO3/c1-3-5-7-9-11-12-13-14-15-16-18-19-21-23-27(31)26(25-30)29-28(32)24-22-20-17-10-8-6-4-2/h21,23,26-27,30-31H,3-20,22,24-25H2,1-2H3,(H,29,32)/b23-21+/t26-,27-/m1/s1. The van der Waals surface area contributed by atoms with Crippen molar-refractivity contribution in [2.45, 2.75) is 154 Å². The van der Waals surface area contributed by atoms with Gasteiger partial charge in [-0.15, -0.1) is 0 Å². The summed E-state index contributed by atoms with van der Waals surface area (Å²) in [5.41, 5.74) is 0. The Balaban J connectivity index is 3.70. The Hall–Kier alpha value is -0.870. The molecule has 4 heteroatoms. The minimum Gasteiger partial charge on any atom is -0.394 e. The van der Waals surface area contributed by atoms with Crippen LogP contribution in [0, 0.1) is 0 Å². The smallest absolute Gasteiger partial charge is 0.220 e. The van der Waals surface area contributed by atoms with E-state index in [4.69, 9.17) is 0 Å². The molecule has 32 heavy (non-hydrogen) atoms. The molecule has 0 saturated carbocycles. The molecule has 0 aliphatic rings. The van der Waals surface area contributed by atoms with Gasteiger partial charge in [-0.05, 0) is 19.3 Å². The van der Waals surface area contributed by atoms with Gasteiger partial charge in [0, 0.05) is 6.42 Å². The number of rotatable bonds is 24. The van der Waals surface area contributed by atoms with E-state index in [1.54, 1.807) is 6.08 Å². The molecule has 1 amide bonds. The normalized spacial score (nSPS) is 13.5. The number of aliphatic hydroxyl groups excluding tert-OH is 2. The van der Waals surface area contributed by atoms with Crippen molar-refractivity contribution in [2.75, 3.05) is 6.61 Å². The van der Waals surface area contributed by atoms with Gasteiger partial charge in [-0.25, -0.2) is 0 Å². The van der Waals surface area contributed by atoms with Crippen molar-refractivity contribution < 1.29 is 15.0 Å². The Labute approximate surface area is 199 Å². The molecule has 0 fully saturated rings. The van der Waals surface area contributed by atoms with Crippen LogP contribution in [-0.4, -0.2) is 34.9 Å². The van der Waals surface area contributed by atoms with Gasteiger partial charge in [0.1, 0.15) is 0 Å². The van der Waals surface area contributed by atoms with Crippen molar-refractivity contribution in [2.24, 2.45) is 0 Å². The summed E-state index contributed by atoms with van der Waals surface area (Å²) in [7, 11) is 0. The van der Waals surface area contributed by atoms with E-state index in [1.807, 2.05) is 6.08 Å². The van der Waals surface area contributed by atoms with Gasteiger partial charge in [-0.3, -0.25) is 4.79 Å². The molecule has 0 heterocycles.